The van der Waals surface area contributed by atoms with Crippen molar-refractivity contribution in [3.8, 4) is 0 Å². The molecule has 1 aromatic carbocycles. The first-order chi connectivity index (χ1) is 12.0. The van der Waals surface area contributed by atoms with E-state index in [1.165, 1.54) is 0 Å². The predicted octanol–water partition coefficient (Wildman–Crippen LogP) is 2.73. The van der Waals surface area contributed by atoms with Crippen molar-refractivity contribution in [2.24, 2.45) is 5.10 Å². The number of hydrogen-bond acceptors (Lipinski definition) is 4. The van der Waals surface area contributed by atoms with Gasteiger partial charge in [-0.05, 0) is 31.6 Å². The number of halogens is 1. The summed E-state index contributed by atoms with van der Waals surface area (Å²) < 4.78 is 6.80. The fourth-order valence-corrected chi connectivity index (χ4v) is 2.82. The third kappa shape index (κ3) is 5.81. The summed E-state index contributed by atoms with van der Waals surface area (Å²) in [6.45, 7) is 5.03. The second-order valence-corrected chi connectivity index (χ2v) is 6.40. The molecule has 0 saturated carbocycles. The number of hydrazone groups is 1. The summed E-state index contributed by atoms with van der Waals surface area (Å²) in [5.74, 6) is 0. The number of aromatic nitrogens is 2. The Morgan fingerprint density at radius 3 is 2.84 bits per heavy atom. The first-order valence-corrected chi connectivity index (χ1v) is 8.65. The number of ether oxygens (including phenoxy) is 1. The molecule has 134 valence electrons. The predicted molar refractivity (Wildman–Crippen MR) is 105 cm³/mol. The first-order valence-electron chi connectivity index (χ1n) is 7.86. The maximum Gasteiger partial charge on any atom is 0.187 e. The van der Waals surface area contributed by atoms with Crippen molar-refractivity contribution in [1.82, 2.24) is 20.5 Å². The lowest BCUT2D eigenvalue weighted by molar-refractivity contribution is 0.179. The number of thiocarbonyl (C=S) groups is 1. The summed E-state index contributed by atoms with van der Waals surface area (Å²) in [6, 6.07) is 10.1. The highest BCUT2D eigenvalue weighted by Gasteiger charge is 2.12. The molecule has 2 aromatic rings. The standard InChI is InChI=1S/C17H22ClN5OS/c1-12(11-24-3)20-17(25)21-19-9-15-13(2)22-23(16(15)18)10-14-7-5-4-6-8-14/h4-9,12H,10-11H2,1-3H3,(H2,20,21,25)/b19-9-/t12-/m0/s1. The second-order valence-electron chi connectivity index (χ2n) is 5.63. The van der Waals surface area contributed by atoms with Gasteiger partial charge in [-0.1, -0.05) is 41.9 Å². The van der Waals surface area contributed by atoms with Crippen LogP contribution in [0.1, 0.15) is 23.7 Å². The monoisotopic (exact) mass is 379 g/mol. The fourth-order valence-electron chi connectivity index (χ4n) is 2.28. The van der Waals surface area contributed by atoms with Crippen LogP contribution in [-0.2, 0) is 11.3 Å². The van der Waals surface area contributed by atoms with Gasteiger partial charge >= 0.3 is 0 Å². The normalized spacial score (nSPS) is 12.3. The van der Waals surface area contributed by atoms with E-state index in [4.69, 9.17) is 28.6 Å². The van der Waals surface area contributed by atoms with Crippen LogP contribution < -0.4 is 10.7 Å². The SMILES string of the molecule is COC[C@H](C)NC(=S)N/N=C\c1c(C)nn(Cc2ccccc2)c1Cl. The van der Waals surface area contributed by atoms with Crippen LogP contribution in [0.5, 0.6) is 0 Å². The number of methoxy groups -OCH3 is 1. The molecule has 25 heavy (non-hydrogen) atoms. The van der Waals surface area contributed by atoms with E-state index >= 15 is 0 Å². The van der Waals surface area contributed by atoms with Gasteiger partial charge in [0.1, 0.15) is 5.15 Å². The molecule has 2 N–H and O–H groups in total. The molecule has 1 heterocycles. The Balaban J connectivity index is 1.99. The Morgan fingerprint density at radius 2 is 2.16 bits per heavy atom. The van der Waals surface area contributed by atoms with Gasteiger partial charge in [-0.15, -0.1) is 0 Å². The Labute approximate surface area is 158 Å². The van der Waals surface area contributed by atoms with Gasteiger partial charge in [0.15, 0.2) is 5.11 Å². The molecule has 0 unspecified atom stereocenters. The maximum absolute atomic E-state index is 6.44. The van der Waals surface area contributed by atoms with Crippen LogP contribution in [0.15, 0.2) is 35.4 Å². The summed E-state index contributed by atoms with van der Waals surface area (Å²) >= 11 is 11.6. The van der Waals surface area contributed by atoms with Gasteiger partial charge in [-0.3, -0.25) is 5.43 Å². The average Bonchev–Trinajstić information content (AvgIpc) is 2.83. The quantitative estimate of drug-likeness (QED) is 0.440. The molecule has 1 aromatic heterocycles. The number of nitrogens with one attached hydrogen (secondary N) is 2. The Morgan fingerprint density at radius 1 is 1.44 bits per heavy atom. The molecule has 0 fully saturated rings. The summed E-state index contributed by atoms with van der Waals surface area (Å²) in [5, 5.41) is 12.6. The summed E-state index contributed by atoms with van der Waals surface area (Å²) in [6.07, 6.45) is 1.63. The number of nitrogens with zero attached hydrogens (tertiary/aromatic N) is 3. The van der Waals surface area contributed by atoms with Crippen molar-refractivity contribution >= 4 is 35.1 Å². The third-order valence-electron chi connectivity index (χ3n) is 3.44. The molecule has 0 aliphatic heterocycles. The van der Waals surface area contributed by atoms with E-state index in [1.54, 1.807) is 18.0 Å². The third-order valence-corrected chi connectivity index (χ3v) is 4.05. The van der Waals surface area contributed by atoms with E-state index in [9.17, 15) is 0 Å². The maximum atomic E-state index is 6.44. The van der Waals surface area contributed by atoms with Crippen LogP contribution in [0.3, 0.4) is 0 Å². The lowest BCUT2D eigenvalue weighted by Crippen LogP contribution is -2.40. The molecule has 1 atom stereocenters. The molecule has 0 bridgehead atoms. The van der Waals surface area contributed by atoms with E-state index in [0.717, 1.165) is 16.8 Å². The minimum atomic E-state index is 0.0964. The molecular formula is C17H22ClN5OS. The largest absolute Gasteiger partial charge is 0.383 e. The van der Waals surface area contributed by atoms with Gasteiger partial charge in [0.25, 0.3) is 0 Å². The van der Waals surface area contributed by atoms with Crippen molar-refractivity contribution in [2.45, 2.75) is 26.4 Å². The zero-order valence-electron chi connectivity index (χ0n) is 14.5. The van der Waals surface area contributed by atoms with Gasteiger partial charge in [-0.25, -0.2) is 4.68 Å². The molecule has 0 spiro atoms. The lowest BCUT2D eigenvalue weighted by Gasteiger charge is -2.13. The first kappa shape index (κ1) is 19.4. The van der Waals surface area contributed by atoms with Crippen LogP contribution in [0.4, 0.5) is 0 Å². The van der Waals surface area contributed by atoms with Gasteiger partial charge in [0, 0.05) is 13.2 Å². The number of rotatable bonds is 7. The highest BCUT2D eigenvalue weighted by Crippen LogP contribution is 2.19. The highest BCUT2D eigenvalue weighted by molar-refractivity contribution is 7.80. The van der Waals surface area contributed by atoms with E-state index in [2.05, 4.69) is 20.9 Å². The van der Waals surface area contributed by atoms with Crippen molar-refractivity contribution in [1.29, 1.82) is 0 Å². The molecule has 8 heteroatoms. The smallest absolute Gasteiger partial charge is 0.187 e. The van der Waals surface area contributed by atoms with E-state index < -0.39 is 0 Å². The van der Waals surface area contributed by atoms with E-state index in [-0.39, 0.29) is 6.04 Å². The van der Waals surface area contributed by atoms with E-state index in [1.807, 2.05) is 44.2 Å². The van der Waals surface area contributed by atoms with Gasteiger partial charge in [-0.2, -0.15) is 10.2 Å². The van der Waals surface area contributed by atoms with Crippen LogP contribution in [0.2, 0.25) is 5.15 Å². The summed E-state index contributed by atoms with van der Waals surface area (Å²) in [7, 11) is 1.64. The summed E-state index contributed by atoms with van der Waals surface area (Å²) in [5.41, 5.74) is 5.47. The zero-order valence-corrected chi connectivity index (χ0v) is 16.1. The Kier molecular flexibility index (Phi) is 7.36. The minimum Gasteiger partial charge on any atom is -0.383 e. The zero-order chi connectivity index (χ0) is 18.2. The fraction of sp³-hybridized carbons (Fsp3) is 0.353. The molecule has 0 aliphatic carbocycles. The molecule has 6 nitrogen and oxygen atoms in total. The van der Waals surface area contributed by atoms with Crippen LogP contribution in [-0.4, -0.2) is 40.9 Å². The van der Waals surface area contributed by atoms with Gasteiger partial charge in [0.2, 0.25) is 0 Å². The second kappa shape index (κ2) is 9.50. The van der Waals surface area contributed by atoms with Crippen molar-refractivity contribution in [3.63, 3.8) is 0 Å². The highest BCUT2D eigenvalue weighted by atomic mass is 35.5. The number of aryl methyl sites for hydroxylation is 1. The Hall–Kier alpha value is -1.96. The molecule has 0 saturated heterocycles. The topological polar surface area (TPSA) is 63.5 Å². The van der Waals surface area contributed by atoms with Crippen LogP contribution in [0.25, 0.3) is 0 Å². The average molecular weight is 380 g/mol. The van der Waals surface area contributed by atoms with Crippen molar-refractivity contribution < 1.29 is 4.74 Å². The van der Waals surface area contributed by atoms with Gasteiger partial charge in [0.05, 0.1) is 30.6 Å². The number of hydrogen-bond donors (Lipinski definition) is 2. The van der Waals surface area contributed by atoms with Crippen molar-refractivity contribution in [3.05, 3.63) is 52.3 Å². The molecule has 0 radical (unpaired) electrons. The van der Waals surface area contributed by atoms with Gasteiger partial charge < -0.3 is 10.1 Å². The Bertz CT molecular complexity index is 732. The molecular weight excluding hydrogens is 358 g/mol. The van der Waals surface area contributed by atoms with Crippen molar-refractivity contribution in [2.75, 3.05) is 13.7 Å². The number of benzene rings is 1. The van der Waals surface area contributed by atoms with E-state index in [0.29, 0.717) is 23.4 Å². The summed E-state index contributed by atoms with van der Waals surface area (Å²) in [4.78, 5) is 0. The molecule has 2 rings (SSSR count). The lowest BCUT2D eigenvalue weighted by atomic mass is 10.2. The van der Waals surface area contributed by atoms with Crippen LogP contribution in [0, 0.1) is 6.92 Å². The minimum absolute atomic E-state index is 0.0964. The molecule has 0 aliphatic rings. The molecule has 0 amide bonds. The van der Waals surface area contributed by atoms with Crippen LogP contribution >= 0.6 is 23.8 Å².